The molecule has 80 valence electrons. The second-order valence-corrected chi connectivity index (χ2v) is 3.19. The van der Waals surface area contributed by atoms with Crippen LogP contribution < -0.4 is 0 Å². The maximum atomic E-state index is 8.97. The molecule has 0 spiro atoms. The molecule has 0 aliphatic rings. The third-order valence-corrected chi connectivity index (χ3v) is 2.17. The Morgan fingerprint density at radius 2 is 2.47 bits per heavy atom. The largest absolute Gasteiger partial charge is 0.394 e. The van der Waals surface area contributed by atoms with Gasteiger partial charge in [-0.2, -0.15) is 0 Å². The van der Waals surface area contributed by atoms with Gasteiger partial charge in [0.25, 0.3) is 0 Å². The maximum Gasteiger partial charge on any atom is 0.180 e. The molecule has 0 bridgehead atoms. The van der Waals surface area contributed by atoms with Gasteiger partial charge in [-0.05, 0) is 0 Å². The number of nitrogens with one attached hydrogen (secondary N) is 1. The minimum absolute atomic E-state index is 0.0285. The molecule has 2 aromatic heterocycles. The number of ether oxygens (including phenoxy) is 1. The van der Waals surface area contributed by atoms with Gasteiger partial charge in [-0.3, -0.25) is 0 Å². The molecule has 0 saturated heterocycles. The lowest BCUT2D eigenvalue weighted by atomic mass is 10.2. The summed E-state index contributed by atoms with van der Waals surface area (Å²) in [5, 5.41) is 8.97. The van der Waals surface area contributed by atoms with E-state index < -0.39 is 0 Å². The fraction of sp³-hybridized carbons (Fsp3) is 0.444. The second kappa shape index (κ2) is 4.33. The molecule has 6 nitrogen and oxygen atoms in total. The van der Waals surface area contributed by atoms with E-state index in [1.807, 2.05) is 0 Å². The van der Waals surface area contributed by atoms with Gasteiger partial charge < -0.3 is 14.8 Å². The van der Waals surface area contributed by atoms with Gasteiger partial charge in [-0.1, -0.05) is 0 Å². The number of aromatic nitrogens is 4. The average Bonchev–Trinajstić information content (AvgIpc) is 2.68. The van der Waals surface area contributed by atoms with Crippen LogP contribution in [0.1, 0.15) is 5.82 Å². The van der Waals surface area contributed by atoms with Crippen molar-refractivity contribution in [1.29, 1.82) is 0 Å². The van der Waals surface area contributed by atoms with Gasteiger partial charge >= 0.3 is 0 Å². The van der Waals surface area contributed by atoms with Gasteiger partial charge in [0.05, 0.1) is 18.9 Å². The van der Waals surface area contributed by atoms with Crippen LogP contribution >= 0.6 is 0 Å². The third-order valence-electron chi connectivity index (χ3n) is 2.17. The molecule has 0 saturated carbocycles. The lowest BCUT2D eigenvalue weighted by Crippen LogP contribution is -2.19. The zero-order chi connectivity index (χ0) is 10.7. The molecule has 2 N–H and O–H groups in total. The van der Waals surface area contributed by atoms with E-state index in [0.717, 1.165) is 11.3 Å². The fourth-order valence-corrected chi connectivity index (χ4v) is 1.35. The highest BCUT2D eigenvalue weighted by Crippen LogP contribution is 2.08. The summed E-state index contributed by atoms with van der Waals surface area (Å²) in [6.45, 7) is -0.0285. The van der Waals surface area contributed by atoms with Gasteiger partial charge in [0.15, 0.2) is 5.65 Å². The number of aromatic amines is 1. The quantitative estimate of drug-likeness (QED) is 0.733. The summed E-state index contributed by atoms with van der Waals surface area (Å²) in [6, 6.07) is 0. The van der Waals surface area contributed by atoms with Crippen molar-refractivity contribution < 1.29 is 9.84 Å². The number of rotatable bonds is 4. The van der Waals surface area contributed by atoms with Crippen molar-refractivity contribution in [3.8, 4) is 0 Å². The lowest BCUT2D eigenvalue weighted by molar-refractivity contribution is 0.0483. The summed E-state index contributed by atoms with van der Waals surface area (Å²) in [6.07, 6.45) is 3.41. The molecule has 0 aliphatic heterocycles. The van der Waals surface area contributed by atoms with Crippen molar-refractivity contribution in [2.24, 2.45) is 0 Å². The van der Waals surface area contributed by atoms with Crippen LogP contribution in [-0.4, -0.2) is 44.9 Å². The van der Waals surface area contributed by atoms with E-state index in [9.17, 15) is 0 Å². The Kier molecular flexibility index (Phi) is 2.89. The van der Waals surface area contributed by atoms with Crippen LogP contribution in [0.25, 0.3) is 11.2 Å². The van der Waals surface area contributed by atoms with Crippen molar-refractivity contribution in [3.05, 3.63) is 18.3 Å². The first-order valence-corrected chi connectivity index (χ1v) is 4.61. The molecule has 0 fully saturated rings. The van der Waals surface area contributed by atoms with Crippen molar-refractivity contribution >= 4 is 11.2 Å². The maximum absolute atomic E-state index is 8.97. The number of imidazole rings is 1. The Bertz CT molecular complexity index is 405. The average molecular weight is 208 g/mol. The molecule has 1 atom stereocenters. The van der Waals surface area contributed by atoms with Gasteiger partial charge in [0.2, 0.25) is 0 Å². The van der Waals surface area contributed by atoms with E-state index in [-0.39, 0.29) is 12.7 Å². The van der Waals surface area contributed by atoms with E-state index in [4.69, 9.17) is 9.84 Å². The van der Waals surface area contributed by atoms with Crippen molar-refractivity contribution in [3.63, 3.8) is 0 Å². The molecule has 15 heavy (non-hydrogen) atoms. The highest BCUT2D eigenvalue weighted by Gasteiger charge is 2.10. The monoisotopic (exact) mass is 208 g/mol. The number of hydrogen-bond acceptors (Lipinski definition) is 5. The summed E-state index contributed by atoms with van der Waals surface area (Å²) in [5.74, 6) is 0.742. The third kappa shape index (κ3) is 2.11. The van der Waals surface area contributed by atoms with Crippen LogP contribution in [0.4, 0.5) is 0 Å². The zero-order valence-corrected chi connectivity index (χ0v) is 8.34. The number of H-pyrrole nitrogens is 1. The van der Waals surface area contributed by atoms with E-state index >= 15 is 0 Å². The minimum atomic E-state index is -0.237. The molecular formula is C9H12N4O2. The Morgan fingerprint density at radius 1 is 1.60 bits per heavy atom. The number of aliphatic hydroxyl groups is 1. The molecule has 0 amide bonds. The summed E-state index contributed by atoms with van der Waals surface area (Å²) in [4.78, 5) is 15.2. The number of nitrogens with zero attached hydrogens (tertiary/aromatic N) is 3. The molecule has 0 aromatic carbocycles. The van der Waals surface area contributed by atoms with Crippen LogP contribution in [0.15, 0.2) is 12.5 Å². The van der Waals surface area contributed by atoms with Gasteiger partial charge in [-0.25, -0.2) is 15.0 Å². The highest BCUT2D eigenvalue weighted by molar-refractivity contribution is 5.68. The van der Waals surface area contributed by atoms with E-state index in [1.165, 1.54) is 6.33 Å². The SMILES string of the molecule is COC(CO)Cc1nc2ncncc2[nH]1. The van der Waals surface area contributed by atoms with Gasteiger partial charge in [0, 0.05) is 13.5 Å². The van der Waals surface area contributed by atoms with Crippen LogP contribution in [0.2, 0.25) is 0 Å². The van der Waals surface area contributed by atoms with Gasteiger partial charge in [-0.15, -0.1) is 0 Å². The first kappa shape index (κ1) is 10.0. The number of fused-ring (bicyclic) bond motifs is 1. The van der Waals surface area contributed by atoms with E-state index in [2.05, 4.69) is 19.9 Å². The summed E-state index contributed by atoms with van der Waals surface area (Å²) >= 11 is 0. The lowest BCUT2D eigenvalue weighted by Gasteiger charge is -2.09. The topological polar surface area (TPSA) is 83.9 Å². The Morgan fingerprint density at radius 3 is 3.13 bits per heavy atom. The highest BCUT2D eigenvalue weighted by atomic mass is 16.5. The Balaban J connectivity index is 2.21. The van der Waals surface area contributed by atoms with Crippen LogP contribution in [0.3, 0.4) is 0 Å². The van der Waals surface area contributed by atoms with Crippen molar-refractivity contribution in [2.45, 2.75) is 12.5 Å². The van der Waals surface area contributed by atoms with Crippen molar-refractivity contribution in [2.75, 3.05) is 13.7 Å². The standard InChI is InChI=1S/C9H12N4O2/c1-15-6(4-14)2-8-12-7-3-10-5-11-9(7)13-8/h3,5-6,14H,2,4H2,1H3,(H,10,11,12,13). The first-order chi connectivity index (χ1) is 7.33. The van der Waals surface area contributed by atoms with E-state index in [1.54, 1.807) is 13.3 Å². The van der Waals surface area contributed by atoms with Crippen LogP contribution in [0, 0.1) is 0 Å². The molecule has 2 heterocycles. The molecule has 6 heteroatoms. The number of aliphatic hydroxyl groups excluding tert-OH is 1. The first-order valence-electron chi connectivity index (χ1n) is 4.61. The molecule has 1 unspecified atom stereocenters. The smallest absolute Gasteiger partial charge is 0.180 e. The summed E-state index contributed by atoms with van der Waals surface area (Å²) < 4.78 is 5.05. The van der Waals surface area contributed by atoms with Crippen molar-refractivity contribution in [1.82, 2.24) is 19.9 Å². The van der Waals surface area contributed by atoms with Crippen LogP contribution in [-0.2, 0) is 11.2 Å². The zero-order valence-electron chi connectivity index (χ0n) is 8.34. The van der Waals surface area contributed by atoms with Crippen LogP contribution in [0.5, 0.6) is 0 Å². The Hall–Kier alpha value is -1.53. The second-order valence-electron chi connectivity index (χ2n) is 3.19. The summed E-state index contributed by atoms with van der Waals surface area (Å²) in [7, 11) is 1.56. The molecule has 2 rings (SSSR count). The Labute approximate surface area is 86.3 Å². The fourth-order valence-electron chi connectivity index (χ4n) is 1.35. The number of methoxy groups -OCH3 is 1. The minimum Gasteiger partial charge on any atom is -0.394 e. The molecule has 0 aliphatic carbocycles. The molecular weight excluding hydrogens is 196 g/mol. The predicted octanol–water partition coefficient (Wildman–Crippen LogP) is -0.0973. The molecule has 2 aromatic rings. The number of hydrogen-bond donors (Lipinski definition) is 2. The normalized spacial score (nSPS) is 13.2. The molecule has 0 radical (unpaired) electrons. The summed E-state index contributed by atoms with van der Waals surface area (Å²) in [5.41, 5.74) is 1.42. The van der Waals surface area contributed by atoms with Gasteiger partial charge in [0.1, 0.15) is 17.7 Å². The predicted molar refractivity (Wildman–Crippen MR) is 53.3 cm³/mol. The van der Waals surface area contributed by atoms with E-state index in [0.29, 0.717) is 12.1 Å².